The highest BCUT2D eigenvalue weighted by molar-refractivity contribution is 7.99. The molecule has 0 fully saturated rings. The molecule has 0 bridgehead atoms. The van der Waals surface area contributed by atoms with Gasteiger partial charge in [0.2, 0.25) is 0 Å². The van der Waals surface area contributed by atoms with Gasteiger partial charge in [-0.2, -0.15) is 5.10 Å². The zero-order valence-electron chi connectivity index (χ0n) is 12.5. The van der Waals surface area contributed by atoms with Crippen LogP contribution in [0.4, 0.5) is 0 Å². The summed E-state index contributed by atoms with van der Waals surface area (Å²) >= 11 is 1.50. The number of nitrogens with zero attached hydrogens (tertiary/aromatic N) is 1. The molecular formula is C18H14N2O3S. The number of benzene rings is 2. The van der Waals surface area contributed by atoms with Gasteiger partial charge in [-0.25, -0.2) is 5.43 Å². The molecule has 0 aliphatic carbocycles. The molecule has 0 saturated carbocycles. The molecule has 0 radical (unpaired) electrons. The highest BCUT2D eigenvalue weighted by Crippen LogP contribution is 2.28. The van der Waals surface area contributed by atoms with E-state index in [0.717, 1.165) is 9.99 Å². The maximum Gasteiger partial charge on any atom is 0.271 e. The molecule has 0 saturated heterocycles. The van der Waals surface area contributed by atoms with Gasteiger partial charge in [0.25, 0.3) is 5.91 Å². The van der Waals surface area contributed by atoms with E-state index in [-0.39, 0.29) is 5.75 Å². The van der Waals surface area contributed by atoms with E-state index in [9.17, 15) is 9.90 Å². The van der Waals surface area contributed by atoms with E-state index < -0.39 is 5.91 Å². The van der Waals surface area contributed by atoms with Crippen molar-refractivity contribution in [3.63, 3.8) is 0 Å². The fourth-order valence-electron chi connectivity index (χ4n) is 1.93. The van der Waals surface area contributed by atoms with Crippen LogP contribution >= 0.6 is 11.8 Å². The number of rotatable bonds is 5. The van der Waals surface area contributed by atoms with Crippen LogP contribution in [0.15, 0.2) is 86.2 Å². The van der Waals surface area contributed by atoms with Crippen molar-refractivity contribution in [3.8, 4) is 5.75 Å². The van der Waals surface area contributed by atoms with Gasteiger partial charge in [-0.15, -0.1) is 0 Å². The lowest BCUT2D eigenvalue weighted by Gasteiger charge is -1.99. The Bertz CT molecular complexity index is 859. The summed E-state index contributed by atoms with van der Waals surface area (Å²) in [5.41, 5.74) is 2.71. The molecule has 0 aliphatic heterocycles. The molecule has 0 aliphatic rings. The van der Waals surface area contributed by atoms with E-state index in [0.29, 0.717) is 11.3 Å². The van der Waals surface area contributed by atoms with Crippen LogP contribution in [0.3, 0.4) is 0 Å². The SMILES string of the molecule is O=C(N/N=C/c1ccc(Sc2ccccc2)o1)c1cccc(O)c1. The number of aromatic hydroxyl groups is 1. The summed E-state index contributed by atoms with van der Waals surface area (Å²) in [5, 5.41) is 14.0. The Hall–Kier alpha value is -2.99. The Morgan fingerprint density at radius 2 is 1.92 bits per heavy atom. The largest absolute Gasteiger partial charge is 0.508 e. The zero-order chi connectivity index (χ0) is 16.8. The van der Waals surface area contributed by atoms with Gasteiger partial charge in [0.05, 0.1) is 6.21 Å². The fourth-order valence-corrected chi connectivity index (χ4v) is 2.73. The smallest absolute Gasteiger partial charge is 0.271 e. The van der Waals surface area contributed by atoms with Gasteiger partial charge in [-0.1, -0.05) is 36.0 Å². The molecule has 1 amide bonds. The van der Waals surface area contributed by atoms with Crippen molar-refractivity contribution >= 4 is 23.9 Å². The van der Waals surface area contributed by atoms with Gasteiger partial charge in [-0.05, 0) is 42.5 Å². The topological polar surface area (TPSA) is 74.8 Å². The minimum Gasteiger partial charge on any atom is -0.508 e. The summed E-state index contributed by atoms with van der Waals surface area (Å²) in [6.45, 7) is 0. The molecule has 6 heteroatoms. The lowest BCUT2D eigenvalue weighted by atomic mass is 10.2. The minimum atomic E-state index is -0.410. The number of amides is 1. The maximum atomic E-state index is 11.9. The van der Waals surface area contributed by atoms with Crippen LogP contribution in [0.2, 0.25) is 0 Å². The molecule has 1 aromatic heterocycles. The van der Waals surface area contributed by atoms with Crippen molar-refractivity contribution in [3.05, 3.63) is 78.1 Å². The molecule has 120 valence electrons. The molecule has 0 atom stereocenters. The third-order valence-electron chi connectivity index (χ3n) is 3.03. The summed E-state index contributed by atoms with van der Waals surface area (Å²) < 4.78 is 5.62. The van der Waals surface area contributed by atoms with E-state index in [1.54, 1.807) is 18.2 Å². The Morgan fingerprint density at radius 1 is 1.08 bits per heavy atom. The number of hydrogen-bond donors (Lipinski definition) is 2. The molecule has 3 aromatic rings. The van der Waals surface area contributed by atoms with E-state index >= 15 is 0 Å². The van der Waals surface area contributed by atoms with Crippen LogP contribution in [-0.4, -0.2) is 17.2 Å². The second-order valence-electron chi connectivity index (χ2n) is 4.82. The first-order valence-corrected chi connectivity index (χ1v) is 7.97. The Labute approximate surface area is 143 Å². The van der Waals surface area contributed by atoms with Gasteiger partial charge in [-0.3, -0.25) is 4.79 Å². The number of furan rings is 1. The van der Waals surface area contributed by atoms with Crippen molar-refractivity contribution in [2.75, 3.05) is 0 Å². The molecule has 0 spiro atoms. The van der Waals surface area contributed by atoms with Crippen molar-refractivity contribution in [1.29, 1.82) is 0 Å². The van der Waals surface area contributed by atoms with Gasteiger partial charge in [0.15, 0.2) is 5.09 Å². The average Bonchev–Trinajstić information content (AvgIpc) is 3.03. The van der Waals surface area contributed by atoms with Gasteiger partial charge < -0.3 is 9.52 Å². The summed E-state index contributed by atoms with van der Waals surface area (Å²) in [4.78, 5) is 12.9. The number of phenolic OH excluding ortho intramolecular Hbond substituents is 1. The standard InChI is InChI=1S/C18H14N2O3S/c21-14-6-4-5-13(11-14)18(22)20-19-12-15-9-10-17(23-15)24-16-7-2-1-3-8-16/h1-12,21H,(H,20,22)/b19-12+. The Balaban J connectivity index is 1.58. The quantitative estimate of drug-likeness (QED) is 0.546. The molecule has 0 unspecified atom stereocenters. The first-order valence-electron chi connectivity index (χ1n) is 7.16. The van der Waals surface area contributed by atoms with Gasteiger partial charge in [0, 0.05) is 10.5 Å². The van der Waals surface area contributed by atoms with E-state index in [1.165, 1.54) is 30.1 Å². The monoisotopic (exact) mass is 338 g/mol. The van der Waals surface area contributed by atoms with E-state index in [2.05, 4.69) is 10.5 Å². The summed E-state index contributed by atoms with van der Waals surface area (Å²) in [7, 11) is 0. The molecule has 24 heavy (non-hydrogen) atoms. The predicted molar refractivity (Wildman–Crippen MR) is 92.4 cm³/mol. The van der Waals surface area contributed by atoms with Crippen LogP contribution in [0, 0.1) is 0 Å². The summed E-state index contributed by atoms with van der Waals surface area (Å²) in [6.07, 6.45) is 1.43. The van der Waals surface area contributed by atoms with Crippen molar-refractivity contribution < 1.29 is 14.3 Å². The van der Waals surface area contributed by atoms with Crippen molar-refractivity contribution in [2.45, 2.75) is 9.99 Å². The molecule has 2 N–H and O–H groups in total. The molecule has 1 heterocycles. The minimum absolute atomic E-state index is 0.0280. The maximum absolute atomic E-state index is 11.9. The highest BCUT2D eigenvalue weighted by Gasteiger charge is 2.05. The van der Waals surface area contributed by atoms with E-state index in [4.69, 9.17) is 4.42 Å². The lowest BCUT2D eigenvalue weighted by Crippen LogP contribution is -2.17. The summed E-state index contributed by atoms with van der Waals surface area (Å²) in [5.74, 6) is 0.150. The average molecular weight is 338 g/mol. The number of nitrogens with one attached hydrogen (secondary N) is 1. The van der Waals surface area contributed by atoms with E-state index in [1.807, 2.05) is 36.4 Å². The zero-order valence-corrected chi connectivity index (χ0v) is 13.4. The molecule has 2 aromatic carbocycles. The normalized spacial score (nSPS) is 10.8. The van der Waals surface area contributed by atoms with Crippen molar-refractivity contribution in [1.82, 2.24) is 5.43 Å². The lowest BCUT2D eigenvalue weighted by molar-refractivity contribution is 0.0954. The third-order valence-corrected chi connectivity index (χ3v) is 3.96. The number of hydrazone groups is 1. The molecular weight excluding hydrogens is 324 g/mol. The first kappa shape index (κ1) is 15.9. The Kier molecular flexibility index (Phi) is 4.98. The second-order valence-corrected chi connectivity index (χ2v) is 5.90. The fraction of sp³-hybridized carbons (Fsp3) is 0. The first-order chi connectivity index (χ1) is 11.7. The second kappa shape index (κ2) is 7.52. The molecule has 3 rings (SSSR count). The predicted octanol–water partition coefficient (Wildman–Crippen LogP) is 3.90. The van der Waals surface area contributed by atoms with Gasteiger partial charge in [0.1, 0.15) is 11.5 Å². The van der Waals surface area contributed by atoms with Crippen LogP contribution in [0.1, 0.15) is 16.1 Å². The van der Waals surface area contributed by atoms with Crippen LogP contribution in [0.5, 0.6) is 5.75 Å². The number of hydrogen-bond acceptors (Lipinski definition) is 5. The molecule has 5 nitrogen and oxygen atoms in total. The Morgan fingerprint density at radius 3 is 2.71 bits per heavy atom. The van der Waals surface area contributed by atoms with Crippen LogP contribution in [-0.2, 0) is 0 Å². The summed E-state index contributed by atoms with van der Waals surface area (Å²) in [6, 6.07) is 19.5. The van der Waals surface area contributed by atoms with Crippen LogP contribution < -0.4 is 5.43 Å². The van der Waals surface area contributed by atoms with Gasteiger partial charge >= 0.3 is 0 Å². The number of carbonyl (C=O) groups is 1. The number of phenols is 1. The third kappa shape index (κ3) is 4.27. The highest BCUT2D eigenvalue weighted by atomic mass is 32.2. The number of carbonyl (C=O) groups excluding carboxylic acids is 1. The van der Waals surface area contributed by atoms with Crippen molar-refractivity contribution in [2.24, 2.45) is 5.10 Å². The van der Waals surface area contributed by atoms with Crippen LogP contribution in [0.25, 0.3) is 0 Å².